The number of primary amides is 1. The molecule has 5 aliphatic rings. The van der Waals surface area contributed by atoms with Crippen LogP contribution >= 0.6 is 0 Å². The van der Waals surface area contributed by atoms with Gasteiger partial charge in [-0.05, 0) is 64.2 Å². The van der Waals surface area contributed by atoms with Gasteiger partial charge in [-0.25, -0.2) is 0 Å². The lowest BCUT2D eigenvalue weighted by atomic mass is 9.79. The second-order valence-corrected chi connectivity index (χ2v) is 15.0. The number of rotatable bonds is 9. The standard InChI is InChI=1S/C35H58N6O5/c36-26-16-6-1-11-21(26)32(43)39-28-18-8-3-13-23(28)34(45)41-30-20-10-5-15-25(30)35(46)40-29-19-9-4-14-24(29)33(44)38-27-17-7-2-12-22(27)31(37)42/h21-30H,1-20,36H2,(H2,37,42)(H,38,44)(H,39,43)(H,40,46)(H,41,45)/t21-,22-,23-,24-,25-,26-,27-,28-,29-,30-/m0/s1. The van der Waals surface area contributed by atoms with Crippen molar-refractivity contribution in [2.24, 2.45) is 41.1 Å². The molecule has 0 spiro atoms. The summed E-state index contributed by atoms with van der Waals surface area (Å²) in [7, 11) is 0. The number of hydrogen-bond donors (Lipinski definition) is 6. The maximum Gasteiger partial charge on any atom is 0.225 e. The van der Waals surface area contributed by atoms with Gasteiger partial charge in [-0.1, -0.05) is 64.2 Å². The van der Waals surface area contributed by atoms with E-state index in [1.807, 2.05) is 0 Å². The Morgan fingerprint density at radius 1 is 0.370 bits per heavy atom. The predicted octanol–water partition coefficient (Wildman–Crippen LogP) is 2.69. The van der Waals surface area contributed by atoms with Crippen molar-refractivity contribution in [3.8, 4) is 0 Å². The van der Waals surface area contributed by atoms with Crippen LogP contribution in [0.1, 0.15) is 128 Å². The summed E-state index contributed by atoms with van der Waals surface area (Å²) >= 11 is 0. The van der Waals surface area contributed by atoms with Crippen LogP contribution in [0.5, 0.6) is 0 Å². The van der Waals surface area contributed by atoms with E-state index in [9.17, 15) is 24.0 Å². The van der Waals surface area contributed by atoms with Gasteiger partial charge in [-0.3, -0.25) is 24.0 Å². The third-order valence-corrected chi connectivity index (χ3v) is 11.9. The lowest BCUT2D eigenvalue weighted by Crippen LogP contribution is -2.57. The summed E-state index contributed by atoms with van der Waals surface area (Å²) in [6.07, 6.45) is 17.0. The van der Waals surface area contributed by atoms with Gasteiger partial charge in [0.15, 0.2) is 0 Å². The summed E-state index contributed by atoms with van der Waals surface area (Å²) in [4.78, 5) is 66.3. The van der Waals surface area contributed by atoms with Crippen molar-refractivity contribution in [3.05, 3.63) is 0 Å². The molecule has 0 unspecified atom stereocenters. The fourth-order valence-corrected chi connectivity index (χ4v) is 9.14. The Kier molecular flexibility index (Phi) is 12.4. The third kappa shape index (κ3) is 8.61. The first-order chi connectivity index (χ1) is 22.2. The minimum absolute atomic E-state index is 0.0217. The topological polar surface area (TPSA) is 186 Å². The SMILES string of the molecule is NC(=O)[C@H]1CCCC[C@@H]1NC(=O)[C@H]1CCCC[C@@H]1NC(=O)[C@H]1CCCC[C@@H]1NC(=O)[C@H]1CCCC[C@@H]1NC(=O)[C@H]1CCCC[C@@H]1N. The highest BCUT2D eigenvalue weighted by molar-refractivity contribution is 5.86. The van der Waals surface area contributed by atoms with Gasteiger partial charge in [0.05, 0.1) is 29.6 Å². The van der Waals surface area contributed by atoms with Crippen LogP contribution in [0.3, 0.4) is 0 Å². The molecule has 46 heavy (non-hydrogen) atoms. The predicted molar refractivity (Wildman–Crippen MR) is 175 cm³/mol. The van der Waals surface area contributed by atoms with E-state index >= 15 is 0 Å². The van der Waals surface area contributed by atoms with Gasteiger partial charge in [-0.15, -0.1) is 0 Å². The molecule has 5 saturated carbocycles. The lowest BCUT2D eigenvalue weighted by molar-refractivity contribution is -0.132. The lowest BCUT2D eigenvalue weighted by Gasteiger charge is -2.38. The summed E-state index contributed by atoms with van der Waals surface area (Å²) in [5, 5.41) is 12.8. The molecule has 5 amide bonds. The van der Waals surface area contributed by atoms with Crippen molar-refractivity contribution >= 4 is 29.5 Å². The van der Waals surface area contributed by atoms with Gasteiger partial charge in [0, 0.05) is 30.2 Å². The molecule has 11 heteroatoms. The zero-order valence-electron chi connectivity index (χ0n) is 27.6. The molecule has 0 aromatic heterocycles. The minimum Gasteiger partial charge on any atom is -0.369 e. The van der Waals surface area contributed by atoms with Crippen molar-refractivity contribution in [2.45, 2.75) is 159 Å². The third-order valence-electron chi connectivity index (χ3n) is 11.9. The molecule has 0 aliphatic heterocycles. The first kappa shape index (κ1) is 34.6. The molecule has 10 atom stereocenters. The van der Waals surface area contributed by atoms with E-state index in [0.717, 1.165) is 103 Å². The second-order valence-electron chi connectivity index (χ2n) is 15.0. The quantitative estimate of drug-likeness (QED) is 0.224. The van der Waals surface area contributed by atoms with Crippen LogP contribution in [0.4, 0.5) is 0 Å². The van der Waals surface area contributed by atoms with Crippen LogP contribution in [0, 0.1) is 29.6 Å². The van der Waals surface area contributed by atoms with Crippen LogP contribution in [-0.2, 0) is 24.0 Å². The zero-order chi connectivity index (χ0) is 32.6. The first-order valence-electron chi connectivity index (χ1n) is 18.5. The molecule has 5 aliphatic carbocycles. The number of carbonyl (C=O) groups is 5. The molecular weight excluding hydrogens is 584 g/mol. The average molecular weight is 643 g/mol. The van der Waals surface area contributed by atoms with E-state index in [2.05, 4.69) is 21.3 Å². The Morgan fingerprint density at radius 3 is 0.978 bits per heavy atom. The van der Waals surface area contributed by atoms with Gasteiger partial charge < -0.3 is 32.7 Å². The van der Waals surface area contributed by atoms with Crippen LogP contribution in [0.25, 0.3) is 0 Å². The summed E-state index contributed by atoms with van der Waals surface area (Å²) in [5.74, 6) is -2.23. The summed E-state index contributed by atoms with van der Waals surface area (Å²) < 4.78 is 0. The molecule has 0 saturated heterocycles. The summed E-state index contributed by atoms with van der Waals surface area (Å²) in [5.41, 5.74) is 11.9. The highest BCUT2D eigenvalue weighted by Gasteiger charge is 2.41. The molecule has 11 nitrogen and oxygen atoms in total. The number of nitrogens with two attached hydrogens (primary N) is 2. The van der Waals surface area contributed by atoms with E-state index in [0.29, 0.717) is 25.7 Å². The van der Waals surface area contributed by atoms with Gasteiger partial charge in [-0.2, -0.15) is 0 Å². The Hall–Kier alpha value is -2.69. The number of hydrogen-bond acceptors (Lipinski definition) is 6. The van der Waals surface area contributed by atoms with Crippen molar-refractivity contribution in [1.82, 2.24) is 21.3 Å². The molecule has 0 aromatic rings. The molecule has 0 radical (unpaired) electrons. The summed E-state index contributed by atoms with van der Waals surface area (Å²) in [6.45, 7) is 0. The van der Waals surface area contributed by atoms with Gasteiger partial charge >= 0.3 is 0 Å². The highest BCUT2D eigenvalue weighted by atomic mass is 16.2. The zero-order valence-corrected chi connectivity index (χ0v) is 27.6. The molecule has 5 rings (SSSR count). The van der Waals surface area contributed by atoms with Crippen molar-refractivity contribution < 1.29 is 24.0 Å². The normalized spacial score (nSPS) is 36.9. The van der Waals surface area contributed by atoms with E-state index < -0.39 is 0 Å². The fraction of sp³-hybridized carbons (Fsp3) is 0.857. The van der Waals surface area contributed by atoms with Crippen molar-refractivity contribution in [1.29, 1.82) is 0 Å². The molecule has 258 valence electrons. The Bertz CT molecular complexity index is 1100. The van der Waals surface area contributed by atoms with Crippen LogP contribution in [0.15, 0.2) is 0 Å². The molecule has 0 bridgehead atoms. The fourth-order valence-electron chi connectivity index (χ4n) is 9.14. The Morgan fingerprint density at radius 2 is 0.630 bits per heavy atom. The van der Waals surface area contributed by atoms with Crippen molar-refractivity contribution in [2.75, 3.05) is 0 Å². The van der Waals surface area contributed by atoms with E-state index in [1.165, 1.54) is 0 Å². The van der Waals surface area contributed by atoms with Crippen molar-refractivity contribution in [3.63, 3.8) is 0 Å². The van der Waals surface area contributed by atoms with Gasteiger partial charge in [0.25, 0.3) is 0 Å². The first-order valence-corrected chi connectivity index (χ1v) is 18.5. The second kappa shape index (κ2) is 16.4. The van der Waals surface area contributed by atoms with Gasteiger partial charge in [0.2, 0.25) is 29.5 Å². The van der Waals surface area contributed by atoms with Gasteiger partial charge in [0.1, 0.15) is 0 Å². The largest absolute Gasteiger partial charge is 0.369 e. The molecule has 0 aromatic carbocycles. The number of amides is 5. The average Bonchev–Trinajstić information content (AvgIpc) is 3.05. The molecular formula is C35H58N6O5. The Balaban J connectivity index is 1.18. The van der Waals surface area contributed by atoms with Crippen LogP contribution < -0.4 is 32.7 Å². The summed E-state index contributed by atoms with van der Waals surface area (Å²) in [6, 6.07) is -1.14. The smallest absolute Gasteiger partial charge is 0.225 e. The molecule has 0 heterocycles. The van der Waals surface area contributed by atoms with E-state index in [1.54, 1.807) is 0 Å². The molecule has 8 N–H and O–H groups in total. The number of nitrogens with one attached hydrogen (secondary N) is 4. The monoisotopic (exact) mass is 642 g/mol. The highest BCUT2D eigenvalue weighted by Crippen LogP contribution is 2.32. The maximum atomic E-state index is 13.8. The Labute approximate surface area is 274 Å². The molecule has 5 fully saturated rings. The number of carbonyl (C=O) groups excluding carboxylic acids is 5. The van der Waals surface area contributed by atoms with E-state index in [4.69, 9.17) is 11.5 Å². The van der Waals surface area contributed by atoms with Crippen LogP contribution in [-0.4, -0.2) is 59.7 Å². The van der Waals surface area contributed by atoms with E-state index in [-0.39, 0.29) is 89.3 Å². The maximum absolute atomic E-state index is 13.8. The minimum atomic E-state index is -0.363. The van der Waals surface area contributed by atoms with Crippen LogP contribution in [0.2, 0.25) is 0 Å².